The highest BCUT2D eigenvalue weighted by Crippen LogP contribution is 2.28. The summed E-state index contributed by atoms with van der Waals surface area (Å²) in [6.45, 7) is 1.07. The third-order valence-electron chi connectivity index (χ3n) is 2.72. The van der Waals surface area contributed by atoms with Gasteiger partial charge < -0.3 is 4.74 Å². The summed E-state index contributed by atoms with van der Waals surface area (Å²) < 4.78 is 7.71. The molecule has 1 fully saturated rings. The minimum absolute atomic E-state index is 0.00389. The summed E-state index contributed by atoms with van der Waals surface area (Å²) in [6, 6.07) is 1.86. The molecule has 0 bridgehead atoms. The van der Waals surface area contributed by atoms with E-state index in [2.05, 4.69) is 4.98 Å². The van der Waals surface area contributed by atoms with E-state index < -0.39 is 0 Å². The fourth-order valence-corrected chi connectivity index (χ4v) is 2.37. The van der Waals surface area contributed by atoms with Crippen molar-refractivity contribution < 1.29 is 4.74 Å². The highest BCUT2D eigenvalue weighted by Gasteiger charge is 2.21. The van der Waals surface area contributed by atoms with Gasteiger partial charge in [0, 0.05) is 0 Å². The van der Waals surface area contributed by atoms with Crippen molar-refractivity contribution in [2.45, 2.75) is 19.6 Å². The summed E-state index contributed by atoms with van der Waals surface area (Å²) in [5.74, 6) is 0.717. The van der Waals surface area contributed by atoms with E-state index in [-0.39, 0.29) is 5.56 Å². The standard InChI is InChI=1S/C11H12N2O2S/c14-11-10-9(3-4-16-10)12-6-13(11)7-15-5-8-1-2-8/h3-4,6,8H,1-2,5,7H2. The van der Waals surface area contributed by atoms with Crippen LogP contribution in [-0.4, -0.2) is 16.2 Å². The van der Waals surface area contributed by atoms with Gasteiger partial charge in [0.2, 0.25) is 0 Å². The molecule has 0 amide bonds. The van der Waals surface area contributed by atoms with Gasteiger partial charge in [-0.25, -0.2) is 4.98 Å². The summed E-state index contributed by atoms with van der Waals surface area (Å²) in [5.41, 5.74) is 0.768. The number of rotatable bonds is 4. The lowest BCUT2D eigenvalue weighted by Gasteiger charge is -2.05. The second-order valence-electron chi connectivity index (χ2n) is 4.10. The van der Waals surface area contributed by atoms with Crippen LogP contribution in [0.4, 0.5) is 0 Å². The zero-order valence-electron chi connectivity index (χ0n) is 8.76. The normalized spacial score (nSPS) is 15.8. The number of thiophene rings is 1. The van der Waals surface area contributed by atoms with Crippen molar-refractivity contribution in [1.82, 2.24) is 9.55 Å². The topological polar surface area (TPSA) is 44.1 Å². The Morgan fingerprint density at radius 3 is 3.25 bits per heavy atom. The monoisotopic (exact) mass is 236 g/mol. The molecule has 2 aromatic heterocycles. The number of hydrogen-bond acceptors (Lipinski definition) is 4. The number of aromatic nitrogens is 2. The van der Waals surface area contributed by atoms with Gasteiger partial charge in [0.05, 0.1) is 12.1 Å². The molecular weight excluding hydrogens is 224 g/mol. The van der Waals surface area contributed by atoms with Crippen LogP contribution < -0.4 is 5.56 Å². The Balaban J connectivity index is 1.79. The number of nitrogens with zero attached hydrogens (tertiary/aromatic N) is 2. The van der Waals surface area contributed by atoms with Crippen molar-refractivity contribution in [2.75, 3.05) is 6.61 Å². The Kier molecular flexibility index (Phi) is 2.49. The molecule has 1 aliphatic rings. The van der Waals surface area contributed by atoms with Gasteiger partial charge in [-0.15, -0.1) is 11.3 Å². The van der Waals surface area contributed by atoms with Crippen molar-refractivity contribution in [3.63, 3.8) is 0 Å². The van der Waals surface area contributed by atoms with E-state index in [1.165, 1.54) is 28.7 Å². The van der Waals surface area contributed by atoms with Crippen LogP contribution in [0.2, 0.25) is 0 Å². The molecule has 0 aromatic carbocycles. The molecule has 2 heterocycles. The molecule has 2 aromatic rings. The van der Waals surface area contributed by atoms with E-state index in [0.29, 0.717) is 17.3 Å². The molecule has 0 atom stereocenters. The lowest BCUT2D eigenvalue weighted by molar-refractivity contribution is 0.0665. The van der Waals surface area contributed by atoms with Gasteiger partial charge in [0.1, 0.15) is 17.8 Å². The highest BCUT2D eigenvalue weighted by molar-refractivity contribution is 7.17. The molecule has 3 rings (SSSR count). The Morgan fingerprint density at radius 2 is 2.44 bits per heavy atom. The van der Waals surface area contributed by atoms with Gasteiger partial charge >= 0.3 is 0 Å². The Bertz CT molecular complexity index is 556. The SMILES string of the molecule is O=c1c2sccc2ncn1COCC1CC1. The molecule has 1 aliphatic carbocycles. The van der Waals surface area contributed by atoms with Crippen LogP contribution in [0.3, 0.4) is 0 Å². The van der Waals surface area contributed by atoms with Crippen LogP contribution in [0.1, 0.15) is 12.8 Å². The van der Waals surface area contributed by atoms with Gasteiger partial charge in [-0.05, 0) is 30.2 Å². The molecule has 16 heavy (non-hydrogen) atoms. The number of hydrogen-bond donors (Lipinski definition) is 0. The lowest BCUT2D eigenvalue weighted by Crippen LogP contribution is -2.21. The quantitative estimate of drug-likeness (QED) is 0.813. The maximum absolute atomic E-state index is 11.9. The number of fused-ring (bicyclic) bond motifs is 1. The first-order chi connectivity index (χ1) is 7.84. The van der Waals surface area contributed by atoms with E-state index in [1.807, 2.05) is 11.4 Å². The van der Waals surface area contributed by atoms with Crippen molar-refractivity contribution in [1.29, 1.82) is 0 Å². The molecule has 0 unspecified atom stereocenters. The first-order valence-corrected chi connectivity index (χ1v) is 6.23. The summed E-state index contributed by atoms with van der Waals surface area (Å²) in [6.07, 6.45) is 4.08. The Morgan fingerprint density at radius 1 is 1.56 bits per heavy atom. The zero-order valence-corrected chi connectivity index (χ0v) is 9.57. The molecule has 0 saturated heterocycles. The molecule has 4 nitrogen and oxygen atoms in total. The fourth-order valence-electron chi connectivity index (χ4n) is 1.57. The Labute approximate surface area is 96.5 Å². The third kappa shape index (κ3) is 1.88. The van der Waals surface area contributed by atoms with Crippen molar-refractivity contribution in [3.8, 4) is 0 Å². The van der Waals surface area contributed by atoms with Crippen molar-refractivity contribution in [3.05, 3.63) is 28.1 Å². The van der Waals surface area contributed by atoms with Gasteiger partial charge in [0.15, 0.2) is 0 Å². The van der Waals surface area contributed by atoms with Crippen LogP contribution in [0, 0.1) is 5.92 Å². The molecule has 0 N–H and O–H groups in total. The van der Waals surface area contributed by atoms with Crippen LogP contribution in [-0.2, 0) is 11.5 Å². The first-order valence-electron chi connectivity index (χ1n) is 5.35. The minimum atomic E-state index is -0.00389. The Hall–Kier alpha value is -1.20. The summed E-state index contributed by atoms with van der Waals surface area (Å²) in [7, 11) is 0. The zero-order chi connectivity index (χ0) is 11.0. The molecule has 1 saturated carbocycles. The first kappa shape index (κ1) is 9.99. The minimum Gasteiger partial charge on any atom is -0.360 e. The van der Waals surface area contributed by atoms with E-state index >= 15 is 0 Å². The maximum Gasteiger partial charge on any atom is 0.273 e. The van der Waals surface area contributed by atoms with Gasteiger partial charge in [-0.3, -0.25) is 9.36 Å². The predicted octanol–water partition coefficient (Wildman–Crippen LogP) is 1.84. The van der Waals surface area contributed by atoms with Crippen molar-refractivity contribution in [2.24, 2.45) is 5.92 Å². The van der Waals surface area contributed by atoms with Crippen LogP contribution in [0.15, 0.2) is 22.6 Å². The number of ether oxygens (including phenoxy) is 1. The van der Waals surface area contributed by atoms with E-state index in [4.69, 9.17) is 4.74 Å². The average molecular weight is 236 g/mol. The molecule has 0 spiro atoms. The maximum atomic E-state index is 11.9. The summed E-state index contributed by atoms with van der Waals surface area (Å²) in [4.78, 5) is 16.1. The van der Waals surface area contributed by atoms with Crippen molar-refractivity contribution >= 4 is 21.6 Å². The highest BCUT2D eigenvalue weighted by atomic mass is 32.1. The predicted molar refractivity (Wildman–Crippen MR) is 62.6 cm³/mol. The summed E-state index contributed by atoms with van der Waals surface area (Å²) >= 11 is 1.43. The van der Waals surface area contributed by atoms with E-state index in [9.17, 15) is 4.79 Å². The van der Waals surface area contributed by atoms with Gasteiger partial charge in [-0.2, -0.15) is 0 Å². The second-order valence-corrected chi connectivity index (χ2v) is 5.01. The molecular formula is C11H12N2O2S. The molecule has 0 aliphatic heterocycles. The van der Waals surface area contributed by atoms with E-state index in [0.717, 1.165) is 12.1 Å². The average Bonchev–Trinajstić information content (AvgIpc) is 2.97. The fraction of sp³-hybridized carbons (Fsp3) is 0.455. The molecule has 84 valence electrons. The van der Waals surface area contributed by atoms with Crippen LogP contribution in [0.25, 0.3) is 10.2 Å². The van der Waals surface area contributed by atoms with Crippen LogP contribution in [0.5, 0.6) is 0 Å². The van der Waals surface area contributed by atoms with Crippen LogP contribution >= 0.6 is 11.3 Å². The second kappa shape index (κ2) is 3.99. The summed E-state index contributed by atoms with van der Waals surface area (Å²) in [5, 5.41) is 1.88. The lowest BCUT2D eigenvalue weighted by atomic mass is 10.5. The van der Waals surface area contributed by atoms with Gasteiger partial charge in [0.25, 0.3) is 5.56 Å². The molecule has 5 heteroatoms. The molecule has 0 radical (unpaired) electrons. The smallest absolute Gasteiger partial charge is 0.273 e. The van der Waals surface area contributed by atoms with Gasteiger partial charge in [-0.1, -0.05) is 0 Å². The largest absolute Gasteiger partial charge is 0.360 e. The van der Waals surface area contributed by atoms with E-state index in [1.54, 1.807) is 6.33 Å². The third-order valence-corrected chi connectivity index (χ3v) is 3.61.